The number of methoxy groups -OCH3 is 1. The first-order chi connectivity index (χ1) is 15.3. The van der Waals surface area contributed by atoms with E-state index < -0.39 is 15.9 Å². The number of nitrogens with zero attached hydrogens (tertiary/aromatic N) is 4. The molecule has 1 saturated heterocycles. The molecule has 1 amide bonds. The Balaban J connectivity index is 1.76. The molecule has 1 aromatic heterocycles. The summed E-state index contributed by atoms with van der Waals surface area (Å²) in [5, 5.41) is 6.82. The fourth-order valence-corrected chi connectivity index (χ4v) is 5.32. The molecule has 0 bridgehead atoms. The Morgan fingerprint density at radius 1 is 1.19 bits per heavy atom. The molecule has 3 rings (SSSR count). The molecule has 0 unspecified atom stereocenters. The van der Waals surface area contributed by atoms with Gasteiger partial charge in [-0.25, -0.2) is 8.42 Å². The first-order valence-corrected chi connectivity index (χ1v) is 12.4. The van der Waals surface area contributed by atoms with Crippen LogP contribution in [-0.4, -0.2) is 74.9 Å². The van der Waals surface area contributed by atoms with Crippen LogP contribution in [0, 0.1) is 13.8 Å². The van der Waals surface area contributed by atoms with Crippen molar-refractivity contribution in [2.75, 3.05) is 51.3 Å². The van der Waals surface area contributed by atoms with Crippen molar-refractivity contribution in [3.05, 3.63) is 41.1 Å². The quantitative estimate of drug-likeness (QED) is 0.570. The summed E-state index contributed by atoms with van der Waals surface area (Å²) in [5.41, 5.74) is 3.64. The van der Waals surface area contributed by atoms with E-state index in [0.29, 0.717) is 52.3 Å². The highest BCUT2D eigenvalue weighted by Crippen LogP contribution is 2.26. The monoisotopic (exact) mass is 463 g/mol. The zero-order chi connectivity index (χ0) is 23.3. The number of carbonyl (C=O) groups is 1. The first-order valence-electron chi connectivity index (χ1n) is 11.0. The van der Waals surface area contributed by atoms with E-state index in [0.717, 1.165) is 5.69 Å². The second-order valence-electron chi connectivity index (χ2n) is 7.92. The van der Waals surface area contributed by atoms with E-state index in [1.807, 2.05) is 13.0 Å². The topological polar surface area (TPSA) is 96.8 Å². The van der Waals surface area contributed by atoms with Gasteiger partial charge < -0.3 is 15.0 Å². The molecule has 176 valence electrons. The third-order valence-corrected chi connectivity index (χ3v) is 7.68. The predicted molar refractivity (Wildman–Crippen MR) is 124 cm³/mol. The molecule has 0 spiro atoms. The van der Waals surface area contributed by atoms with Crippen molar-refractivity contribution in [1.29, 1.82) is 0 Å². The van der Waals surface area contributed by atoms with Crippen LogP contribution >= 0.6 is 0 Å². The van der Waals surface area contributed by atoms with E-state index in [1.54, 1.807) is 7.11 Å². The van der Waals surface area contributed by atoms with E-state index in [9.17, 15) is 13.2 Å². The lowest BCUT2D eigenvalue weighted by Crippen LogP contribution is -2.49. The fourth-order valence-electron chi connectivity index (χ4n) is 3.80. The van der Waals surface area contributed by atoms with Gasteiger partial charge in [0.05, 0.1) is 5.56 Å². The van der Waals surface area contributed by atoms with Gasteiger partial charge in [0.2, 0.25) is 5.03 Å². The molecule has 0 radical (unpaired) electrons. The maximum atomic E-state index is 13.4. The van der Waals surface area contributed by atoms with Gasteiger partial charge >= 0.3 is 0 Å². The van der Waals surface area contributed by atoms with Gasteiger partial charge in [-0.05, 0) is 44.4 Å². The van der Waals surface area contributed by atoms with Crippen LogP contribution in [0.4, 0.5) is 5.69 Å². The van der Waals surface area contributed by atoms with Gasteiger partial charge in [-0.3, -0.25) is 9.48 Å². The highest BCUT2D eigenvalue weighted by atomic mass is 32.2. The minimum atomic E-state index is -3.90. The van der Waals surface area contributed by atoms with Crippen molar-refractivity contribution in [2.45, 2.75) is 38.8 Å². The van der Waals surface area contributed by atoms with Crippen LogP contribution in [0.5, 0.6) is 0 Å². The van der Waals surface area contributed by atoms with Crippen molar-refractivity contribution in [3.63, 3.8) is 0 Å². The van der Waals surface area contributed by atoms with Crippen molar-refractivity contribution in [2.24, 2.45) is 0 Å². The van der Waals surface area contributed by atoms with Crippen LogP contribution in [-0.2, 0) is 21.3 Å². The summed E-state index contributed by atoms with van der Waals surface area (Å²) in [5.74, 6) is -0.437. The zero-order valence-electron chi connectivity index (χ0n) is 19.3. The minimum absolute atomic E-state index is 0.0845. The number of nitrogens with one attached hydrogen (secondary N) is 1. The van der Waals surface area contributed by atoms with Crippen LogP contribution in [0.2, 0.25) is 0 Å². The number of rotatable bonds is 9. The van der Waals surface area contributed by atoms with E-state index in [4.69, 9.17) is 4.74 Å². The maximum absolute atomic E-state index is 13.4. The van der Waals surface area contributed by atoms with Crippen molar-refractivity contribution in [1.82, 2.24) is 19.4 Å². The second kappa shape index (κ2) is 10.5. The SMILES string of the molecule is CCn1cc(C(=O)NCCCOC)c(S(=O)(=O)N2CCN(c3cccc(C)c3C)CC2)n1. The number of piperazine rings is 1. The summed E-state index contributed by atoms with van der Waals surface area (Å²) in [7, 11) is -2.30. The van der Waals surface area contributed by atoms with Gasteiger partial charge in [-0.15, -0.1) is 0 Å². The number of hydrogen-bond acceptors (Lipinski definition) is 6. The Kier molecular flexibility index (Phi) is 7.91. The van der Waals surface area contributed by atoms with Crippen LogP contribution < -0.4 is 10.2 Å². The number of ether oxygens (including phenoxy) is 1. The molecule has 9 nitrogen and oxygen atoms in total. The molecule has 1 N–H and O–H groups in total. The molecule has 1 aliphatic rings. The summed E-state index contributed by atoms with van der Waals surface area (Å²) in [6.45, 7) is 9.24. The summed E-state index contributed by atoms with van der Waals surface area (Å²) >= 11 is 0. The van der Waals surface area contributed by atoms with Gasteiger partial charge in [0, 0.05) is 64.9 Å². The van der Waals surface area contributed by atoms with E-state index in [2.05, 4.69) is 41.3 Å². The number of sulfonamides is 1. The zero-order valence-corrected chi connectivity index (χ0v) is 20.1. The van der Waals surface area contributed by atoms with Gasteiger partial charge in [-0.1, -0.05) is 12.1 Å². The molecule has 2 aromatic rings. The lowest BCUT2D eigenvalue weighted by molar-refractivity contribution is 0.0945. The Hall–Kier alpha value is -2.43. The first kappa shape index (κ1) is 24.2. The van der Waals surface area contributed by atoms with Gasteiger partial charge in [0.15, 0.2) is 0 Å². The number of benzene rings is 1. The molecule has 1 aliphatic heterocycles. The van der Waals surface area contributed by atoms with Crippen LogP contribution in [0.3, 0.4) is 0 Å². The van der Waals surface area contributed by atoms with Crippen LogP contribution in [0.25, 0.3) is 0 Å². The van der Waals surface area contributed by atoms with Crippen molar-refractivity contribution >= 4 is 21.6 Å². The highest BCUT2D eigenvalue weighted by molar-refractivity contribution is 7.89. The Morgan fingerprint density at radius 2 is 1.91 bits per heavy atom. The summed E-state index contributed by atoms with van der Waals surface area (Å²) in [6, 6.07) is 6.17. The molecule has 1 aromatic carbocycles. The largest absolute Gasteiger partial charge is 0.385 e. The minimum Gasteiger partial charge on any atom is -0.385 e. The number of carbonyl (C=O) groups excluding carboxylic acids is 1. The van der Waals surface area contributed by atoms with Gasteiger partial charge in [0.25, 0.3) is 15.9 Å². The molecule has 1 fully saturated rings. The standard InChI is InChI=1S/C22H33N5O4S/c1-5-26-16-19(21(28)23-10-7-15-31-4)22(24-26)32(29,30)27-13-11-25(12-14-27)20-9-6-8-17(2)18(20)3/h6,8-9,16H,5,7,10-15H2,1-4H3,(H,23,28). The van der Waals surface area contributed by atoms with Crippen molar-refractivity contribution in [3.8, 4) is 0 Å². The molecule has 2 heterocycles. The number of anilines is 1. The summed E-state index contributed by atoms with van der Waals surface area (Å²) in [6.07, 6.45) is 2.15. The van der Waals surface area contributed by atoms with Gasteiger partial charge in [0.1, 0.15) is 0 Å². The molecule has 0 atom stereocenters. The molecular formula is C22H33N5O4S. The second-order valence-corrected chi connectivity index (χ2v) is 9.77. The lowest BCUT2D eigenvalue weighted by Gasteiger charge is -2.36. The molecular weight excluding hydrogens is 430 g/mol. The molecule has 0 aliphatic carbocycles. The van der Waals surface area contributed by atoms with Gasteiger partial charge in [-0.2, -0.15) is 9.40 Å². The predicted octanol–water partition coefficient (Wildman–Crippen LogP) is 1.80. The average Bonchev–Trinajstić information content (AvgIpc) is 3.24. The molecule has 0 saturated carbocycles. The number of amides is 1. The average molecular weight is 464 g/mol. The fraction of sp³-hybridized carbons (Fsp3) is 0.545. The molecule has 10 heteroatoms. The van der Waals surface area contributed by atoms with Crippen molar-refractivity contribution < 1.29 is 17.9 Å². The third-order valence-electron chi connectivity index (χ3n) is 5.85. The number of hydrogen-bond donors (Lipinski definition) is 1. The maximum Gasteiger partial charge on any atom is 0.263 e. The van der Waals surface area contributed by atoms with E-state index >= 15 is 0 Å². The van der Waals surface area contributed by atoms with Crippen LogP contribution in [0.1, 0.15) is 34.8 Å². The normalized spacial score (nSPS) is 15.2. The summed E-state index contributed by atoms with van der Waals surface area (Å²) in [4.78, 5) is 14.9. The van der Waals surface area contributed by atoms with E-state index in [1.165, 1.54) is 26.3 Å². The van der Waals surface area contributed by atoms with E-state index in [-0.39, 0.29) is 10.6 Å². The Bertz CT molecular complexity index is 1040. The Morgan fingerprint density at radius 3 is 2.56 bits per heavy atom. The summed E-state index contributed by atoms with van der Waals surface area (Å²) < 4.78 is 34.7. The molecule has 32 heavy (non-hydrogen) atoms. The number of aryl methyl sites for hydroxylation is 2. The number of aromatic nitrogens is 2. The van der Waals surface area contributed by atoms with Crippen LogP contribution in [0.15, 0.2) is 29.4 Å². The third kappa shape index (κ3) is 5.13. The lowest BCUT2D eigenvalue weighted by atomic mass is 10.1. The highest BCUT2D eigenvalue weighted by Gasteiger charge is 2.34. The Labute approximate surface area is 190 Å². The smallest absolute Gasteiger partial charge is 0.263 e.